The van der Waals surface area contributed by atoms with Gasteiger partial charge in [0, 0.05) is 20.1 Å². The van der Waals surface area contributed by atoms with Gasteiger partial charge in [-0.1, -0.05) is 0 Å². The van der Waals surface area contributed by atoms with Gasteiger partial charge in [0.05, 0.1) is 24.0 Å². The minimum Gasteiger partial charge on any atom is -0.395 e. The lowest BCUT2D eigenvalue weighted by Crippen LogP contribution is -2.38. The Balaban J connectivity index is 2.13. The molecule has 1 heterocycles. The molecule has 1 fully saturated rings. The van der Waals surface area contributed by atoms with E-state index >= 15 is 0 Å². The van der Waals surface area contributed by atoms with Crippen LogP contribution in [0.25, 0.3) is 0 Å². The number of rotatable bonds is 5. The van der Waals surface area contributed by atoms with Crippen LogP contribution in [-0.4, -0.2) is 47.8 Å². The van der Waals surface area contributed by atoms with Crippen molar-refractivity contribution in [1.82, 2.24) is 15.1 Å². The second kappa shape index (κ2) is 4.97. The van der Waals surface area contributed by atoms with E-state index in [0.717, 1.165) is 18.5 Å². The molecule has 0 saturated heterocycles. The first-order chi connectivity index (χ1) is 8.56. The smallest absolute Gasteiger partial charge is 0.276 e. The van der Waals surface area contributed by atoms with Gasteiger partial charge in [-0.15, -0.1) is 0 Å². The summed E-state index contributed by atoms with van der Waals surface area (Å²) >= 11 is 0. The maximum atomic E-state index is 12.2. The summed E-state index contributed by atoms with van der Waals surface area (Å²) in [5.41, 5.74) is 7.71. The number of nitrogens with zero attached hydrogens (tertiary/aromatic N) is 2. The largest absolute Gasteiger partial charge is 0.395 e. The van der Waals surface area contributed by atoms with Crippen molar-refractivity contribution >= 4 is 11.6 Å². The van der Waals surface area contributed by atoms with E-state index in [0.29, 0.717) is 23.9 Å². The van der Waals surface area contributed by atoms with E-state index in [4.69, 9.17) is 10.5 Å². The van der Waals surface area contributed by atoms with Gasteiger partial charge in [-0.2, -0.15) is 5.10 Å². The number of anilines is 1. The van der Waals surface area contributed by atoms with Crippen LogP contribution in [0.2, 0.25) is 0 Å². The van der Waals surface area contributed by atoms with Crippen molar-refractivity contribution in [1.29, 1.82) is 0 Å². The van der Waals surface area contributed by atoms with Gasteiger partial charge in [-0.25, -0.2) is 0 Å². The first kappa shape index (κ1) is 12.9. The van der Waals surface area contributed by atoms with Gasteiger partial charge in [0.15, 0.2) is 5.69 Å². The van der Waals surface area contributed by atoms with Crippen LogP contribution < -0.4 is 5.73 Å². The predicted molar refractivity (Wildman–Crippen MR) is 68.4 cm³/mol. The van der Waals surface area contributed by atoms with E-state index in [1.54, 1.807) is 19.1 Å². The molecular formula is C12H20N4O2. The number of carbonyl (C=O) groups is 1. The van der Waals surface area contributed by atoms with Crippen LogP contribution in [0.5, 0.6) is 0 Å². The maximum absolute atomic E-state index is 12.2. The summed E-state index contributed by atoms with van der Waals surface area (Å²) < 4.78 is 5.04. The monoisotopic (exact) mass is 252 g/mol. The van der Waals surface area contributed by atoms with E-state index in [9.17, 15) is 4.79 Å². The molecule has 1 aliphatic rings. The number of methoxy groups -OCH3 is 1. The molecule has 2 rings (SSSR count). The molecule has 1 saturated carbocycles. The van der Waals surface area contributed by atoms with Crippen molar-refractivity contribution < 1.29 is 9.53 Å². The van der Waals surface area contributed by atoms with Crippen LogP contribution in [0, 0.1) is 0 Å². The van der Waals surface area contributed by atoms with Gasteiger partial charge >= 0.3 is 0 Å². The van der Waals surface area contributed by atoms with E-state index in [2.05, 4.69) is 10.2 Å². The molecule has 0 radical (unpaired) electrons. The molecule has 1 unspecified atom stereocenters. The van der Waals surface area contributed by atoms with E-state index in [-0.39, 0.29) is 11.9 Å². The van der Waals surface area contributed by atoms with Gasteiger partial charge in [0.25, 0.3) is 5.91 Å². The van der Waals surface area contributed by atoms with Crippen LogP contribution >= 0.6 is 0 Å². The quantitative estimate of drug-likeness (QED) is 0.818. The Morgan fingerprint density at radius 1 is 1.67 bits per heavy atom. The Kier molecular flexibility index (Phi) is 3.56. The number of ether oxygens (including phenoxy) is 1. The van der Waals surface area contributed by atoms with Gasteiger partial charge < -0.3 is 15.4 Å². The molecule has 6 heteroatoms. The molecule has 0 bridgehead atoms. The first-order valence-electron chi connectivity index (χ1n) is 6.16. The number of likely N-dealkylation sites (N-methyl/N-ethyl adjacent to an activating group) is 1. The molecule has 18 heavy (non-hydrogen) atoms. The fraction of sp³-hybridized carbons (Fsp3) is 0.667. The molecule has 6 nitrogen and oxygen atoms in total. The molecule has 1 aliphatic carbocycles. The number of nitrogens with one attached hydrogen (secondary N) is 1. The summed E-state index contributed by atoms with van der Waals surface area (Å²) in [6.45, 7) is 2.41. The SMILES string of the molecule is COCC(C)N(C)C(=O)c1n[nH]c(C2CC2)c1N. The van der Waals surface area contributed by atoms with Crippen LogP contribution in [0.15, 0.2) is 0 Å². The number of hydrogen-bond acceptors (Lipinski definition) is 4. The predicted octanol–water partition coefficient (Wildman–Crippen LogP) is 0.976. The summed E-state index contributed by atoms with van der Waals surface area (Å²) in [6.07, 6.45) is 2.24. The lowest BCUT2D eigenvalue weighted by atomic mass is 10.2. The summed E-state index contributed by atoms with van der Waals surface area (Å²) in [7, 11) is 3.35. The van der Waals surface area contributed by atoms with Crippen LogP contribution in [-0.2, 0) is 4.74 Å². The first-order valence-corrected chi connectivity index (χ1v) is 6.16. The number of aromatic nitrogens is 2. The average Bonchev–Trinajstić information content (AvgIpc) is 3.11. The molecule has 0 aromatic carbocycles. The van der Waals surface area contributed by atoms with Crippen molar-refractivity contribution in [3.05, 3.63) is 11.4 Å². The minimum absolute atomic E-state index is 0.0111. The summed E-state index contributed by atoms with van der Waals surface area (Å²) in [5.74, 6) is 0.293. The lowest BCUT2D eigenvalue weighted by Gasteiger charge is -2.23. The van der Waals surface area contributed by atoms with Gasteiger partial charge in [-0.05, 0) is 19.8 Å². The number of aromatic amines is 1. The highest BCUT2D eigenvalue weighted by Gasteiger charge is 2.31. The van der Waals surface area contributed by atoms with E-state index in [1.807, 2.05) is 6.92 Å². The Labute approximate surface area is 106 Å². The zero-order valence-corrected chi connectivity index (χ0v) is 11.1. The van der Waals surface area contributed by atoms with E-state index < -0.39 is 0 Å². The molecule has 1 aromatic rings. The van der Waals surface area contributed by atoms with Gasteiger partial charge in [-0.3, -0.25) is 9.89 Å². The minimum atomic E-state index is -0.166. The van der Waals surface area contributed by atoms with Crippen LogP contribution in [0.3, 0.4) is 0 Å². The normalized spacial score (nSPS) is 16.6. The summed E-state index contributed by atoms with van der Waals surface area (Å²) in [4.78, 5) is 13.8. The zero-order valence-electron chi connectivity index (χ0n) is 11.1. The number of nitrogens with two attached hydrogens (primary N) is 1. The third-order valence-electron chi connectivity index (χ3n) is 3.41. The summed E-state index contributed by atoms with van der Waals surface area (Å²) in [6, 6.07) is -0.0111. The molecule has 3 N–H and O–H groups in total. The lowest BCUT2D eigenvalue weighted by molar-refractivity contribution is 0.0629. The molecular weight excluding hydrogens is 232 g/mol. The highest BCUT2D eigenvalue weighted by molar-refractivity contribution is 5.97. The molecule has 0 spiro atoms. The Morgan fingerprint density at radius 2 is 2.33 bits per heavy atom. The van der Waals surface area contributed by atoms with Gasteiger partial charge in [0.1, 0.15) is 0 Å². The topological polar surface area (TPSA) is 84.2 Å². The number of hydrogen-bond donors (Lipinski definition) is 2. The molecule has 1 atom stereocenters. The highest BCUT2D eigenvalue weighted by atomic mass is 16.5. The van der Waals surface area contributed by atoms with Gasteiger partial charge in [0.2, 0.25) is 0 Å². The average molecular weight is 252 g/mol. The third-order valence-corrected chi connectivity index (χ3v) is 3.41. The fourth-order valence-electron chi connectivity index (χ4n) is 1.93. The Bertz CT molecular complexity index is 439. The third kappa shape index (κ3) is 2.33. The molecule has 0 aliphatic heterocycles. The highest BCUT2D eigenvalue weighted by Crippen LogP contribution is 2.42. The summed E-state index contributed by atoms with van der Waals surface area (Å²) in [5, 5.41) is 6.95. The number of nitrogen functional groups attached to an aromatic ring is 1. The number of H-pyrrole nitrogens is 1. The Morgan fingerprint density at radius 3 is 2.89 bits per heavy atom. The number of carbonyl (C=O) groups excluding carboxylic acids is 1. The van der Waals surface area contributed by atoms with Crippen molar-refractivity contribution in [2.45, 2.75) is 31.7 Å². The van der Waals surface area contributed by atoms with Crippen molar-refractivity contribution in [3.8, 4) is 0 Å². The second-order valence-electron chi connectivity index (χ2n) is 4.89. The van der Waals surface area contributed by atoms with Crippen molar-refractivity contribution in [2.24, 2.45) is 0 Å². The number of amides is 1. The molecule has 100 valence electrons. The van der Waals surface area contributed by atoms with Crippen molar-refractivity contribution in [2.75, 3.05) is 26.5 Å². The van der Waals surface area contributed by atoms with Crippen molar-refractivity contribution in [3.63, 3.8) is 0 Å². The van der Waals surface area contributed by atoms with E-state index in [1.165, 1.54) is 0 Å². The second-order valence-corrected chi connectivity index (χ2v) is 4.89. The fourth-order valence-corrected chi connectivity index (χ4v) is 1.93. The van der Waals surface area contributed by atoms with Crippen LogP contribution in [0.4, 0.5) is 5.69 Å². The Hall–Kier alpha value is -1.56. The van der Waals surface area contributed by atoms with Crippen LogP contribution in [0.1, 0.15) is 41.9 Å². The standard InChI is InChI=1S/C12H20N4O2/c1-7(6-18-3)16(2)12(17)11-9(13)10(14-15-11)8-4-5-8/h7-8H,4-6,13H2,1-3H3,(H,14,15). The molecule has 1 amide bonds. The molecule has 1 aromatic heterocycles. The zero-order chi connectivity index (χ0) is 13.3. The maximum Gasteiger partial charge on any atom is 0.276 e.